The van der Waals surface area contributed by atoms with Crippen molar-refractivity contribution in [3.63, 3.8) is 0 Å². The Labute approximate surface area is 129 Å². The molecular weight excluding hydrogens is 304 g/mol. The molecule has 2 aromatic carbocycles. The zero-order valence-corrected chi connectivity index (χ0v) is 12.8. The molecule has 0 fully saturated rings. The van der Waals surface area contributed by atoms with Gasteiger partial charge >= 0.3 is 0 Å². The van der Waals surface area contributed by atoms with Crippen molar-refractivity contribution >= 4 is 15.9 Å². The minimum atomic E-state index is -3.78. The zero-order chi connectivity index (χ0) is 16.0. The zero-order valence-electron chi connectivity index (χ0n) is 11.9. The minimum absolute atomic E-state index is 0.0647. The molecule has 1 amide bonds. The summed E-state index contributed by atoms with van der Waals surface area (Å²) in [6.45, 7) is 1.61. The number of sulfonamides is 1. The Kier molecular flexibility index (Phi) is 5.13. The molecule has 2 aromatic rings. The number of carbonyl (C=O) groups is 1. The van der Waals surface area contributed by atoms with Crippen LogP contribution in [-0.4, -0.2) is 20.9 Å². The first-order chi connectivity index (χ1) is 10.5. The summed E-state index contributed by atoms with van der Waals surface area (Å²) in [5.74, 6) is -0.0536. The molecule has 0 unspecified atom stereocenters. The van der Waals surface area contributed by atoms with Gasteiger partial charge in [0.2, 0.25) is 0 Å². The highest BCUT2D eigenvalue weighted by molar-refractivity contribution is 7.89. The van der Waals surface area contributed by atoms with Crippen molar-refractivity contribution in [2.75, 3.05) is 6.61 Å². The lowest BCUT2D eigenvalue weighted by atomic mass is 10.2. The predicted octanol–water partition coefficient (Wildman–Crippen LogP) is 1.38. The summed E-state index contributed by atoms with van der Waals surface area (Å²) in [6, 6.07) is 15.0. The van der Waals surface area contributed by atoms with Gasteiger partial charge < -0.3 is 4.74 Å². The van der Waals surface area contributed by atoms with E-state index in [4.69, 9.17) is 4.74 Å². The summed E-state index contributed by atoms with van der Waals surface area (Å²) < 4.78 is 29.1. The number of rotatable bonds is 6. The molecule has 7 heteroatoms. The SMILES string of the molecule is Cc1cccc(OCC(=O)NNS(=O)(=O)c2ccccc2)c1. The van der Waals surface area contributed by atoms with Crippen molar-refractivity contribution in [3.8, 4) is 5.75 Å². The molecule has 0 bridgehead atoms. The summed E-state index contributed by atoms with van der Waals surface area (Å²) >= 11 is 0. The molecule has 2 rings (SSSR count). The van der Waals surface area contributed by atoms with E-state index in [0.29, 0.717) is 5.75 Å². The monoisotopic (exact) mass is 320 g/mol. The van der Waals surface area contributed by atoms with Crippen LogP contribution in [0.25, 0.3) is 0 Å². The summed E-state index contributed by atoms with van der Waals surface area (Å²) in [5.41, 5.74) is 3.11. The van der Waals surface area contributed by atoms with Gasteiger partial charge in [-0.05, 0) is 36.8 Å². The third kappa shape index (κ3) is 4.57. The largest absolute Gasteiger partial charge is 0.484 e. The van der Waals surface area contributed by atoms with Crippen molar-refractivity contribution < 1.29 is 17.9 Å². The standard InChI is InChI=1S/C15H16N2O4S/c1-12-6-5-7-13(10-12)21-11-15(18)16-17-22(19,20)14-8-3-2-4-9-14/h2-10,17H,11H2,1H3,(H,16,18). The number of hydrazine groups is 1. The number of carbonyl (C=O) groups excluding carboxylic acids is 1. The van der Waals surface area contributed by atoms with Crippen LogP contribution in [0.4, 0.5) is 0 Å². The Morgan fingerprint density at radius 3 is 2.50 bits per heavy atom. The van der Waals surface area contributed by atoms with Crippen LogP contribution in [-0.2, 0) is 14.8 Å². The van der Waals surface area contributed by atoms with Crippen molar-refractivity contribution in [2.45, 2.75) is 11.8 Å². The highest BCUT2D eigenvalue weighted by Crippen LogP contribution is 2.11. The Bertz CT molecular complexity index is 745. The maximum absolute atomic E-state index is 11.9. The van der Waals surface area contributed by atoms with Gasteiger partial charge in [-0.3, -0.25) is 10.2 Å². The van der Waals surface area contributed by atoms with E-state index < -0.39 is 15.9 Å². The Morgan fingerprint density at radius 1 is 1.09 bits per heavy atom. The second-order valence-electron chi connectivity index (χ2n) is 4.57. The van der Waals surface area contributed by atoms with Crippen molar-refractivity contribution in [2.24, 2.45) is 0 Å². The number of benzene rings is 2. The molecule has 0 aliphatic heterocycles. The lowest BCUT2D eigenvalue weighted by Gasteiger charge is -2.09. The molecule has 0 spiro atoms. The van der Waals surface area contributed by atoms with E-state index in [0.717, 1.165) is 5.56 Å². The van der Waals surface area contributed by atoms with Crippen molar-refractivity contribution in [1.29, 1.82) is 0 Å². The maximum Gasteiger partial charge on any atom is 0.272 e. The van der Waals surface area contributed by atoms with Crippen LogP contribution >= 0.6 is 0 Å². The molecule has 0 aliphatic carbocycles. The topological polar surface area (TPSA) is 84.5 Å². The third-order valence-electron chi connectivity index (χ3n) is 2.74. The van der Waals surface area contributed by atoms with E-state index in [2.05, 4.69) is 5.43 Å². The predicted molar refractivity (Wildman–Crippen MR) is 81.6 cm³/mol. The molecule has 0 saturated heterocycles. The second kappa shape index (κ2) is 7.06. The van der Waals surface area contributed by atoms with E-state index in [9.17, 15) is 13.2 Å². The van der Waals surface area contributed by atoms with Crippen LogP contribution in [0.1, 0.15) is 5.56 Å². The average molecular weight is 320 g/mol. The first kappa shape index (κ1) is 16.0. The Hall–Kier alpha value is -2.38. The fraction of sp³-hybridized carbons (Fsp3) is 0.133. The van der Waals surface area contributed by atoms with Crippen LogP contribution < -0.4 is 15.0 Å². The summed E-state index contributed by atoms with van der Waals surface area (Å²) in [6.07, 6.45) is 0. The highest BCUT2D eigenvalue weighted by atomic mass is 32.2. The summed E-state index contributed by atoms with van der Waals surface area (Å²) in [4.78, 5) is 13.7. The number of ether oxygens (including phenoxy) is 1. The third-order valence-corrected chi connectivity index (χ3v) is 4.00. The number of hydrogen-bond acceptors (Lipinski definition) is 4. The van der Waals surface area contributed by atoms with Gasteiger partial charge in [-0.15, -0.1) is 4.83 Å². The van der Waals surface area contributed by atoms with E-state index in [-0.39, 0.29) is 11.5 Å². The molecule has 0 aromatic heterocycles. The second-order valence-corrected chi connectivity index (χ2v) is 6.25. The quantitative estimate of drug-likeness (QED) is 0.788. The van der Waals surface area contributed by atoms with Crippen LogP contribution in [0.3, 0.4) is 0 Å². The smallest absolute Gasteiger partial charge is 0.272 e. The number of amides is 1. The fourth-order valence-electron chi connectivity index (χ4n) is 1.67. The van der Waals surface area contributed by atoms with Gasteiger partial charge in [-0.1, -0.05) is 30.3 Å². The van der Waals surface area contributed by atoms with Gasteiger partial charge in [-0.2, -0.15) is 0 Å². The average Bonchev–Trinajstić information content (AvgIpc) is 2.52. The normalized spacial score (nSPS) is 11.0. The van der Waals surface area contributed by atoms with E-state index in [1.54, 1.807) is 36.4 Å². The first-order valence-electron chi connectivity index (χ1n) is 6.52. The molecule has 6 nitrogen and oxygen atoms in total. The molecule has 2 N–H and O–H groups in total. The fourth-order valence-corrected chi connectivity index (χ4v) is 2.55. The number of nitrogens with one attached hydrogen (secondary N) is 2. The van der Waals surface area contributed by atoms with Crippen molar-refractivity contribution in [1.82, 2.24) is 10.3 Å². The molecule has 22 heavy (non-hydrogen) atoms. The summed E-state index contributed by atoms with van der Waals surface area (Å²) in [5, 5.41) is 0. The number of hydrogen-bond donors (Lipinski definition) is 2. The lowest BCUT2D eigenvalue weighted by molar-refractivity contribution is -0.123. The van der Waals surface area contributed by atoms with E-state index in [1.165, 1.54) is 12.1 Å². The lowest BCUT2D eigenvalue weighted by Crippen LogP contribution is -2.43. The van der Waals surface area contributed by atoms with Crippen LogP contribution in [0, 0.1) is 6.92 Å². The molecule has 0 saturated carbocycles. The van der Waals surface area contributed by atoms with Crippen LogP contribution in [0.15, 0.2) is 59.5 Å². The molecule has 0 radical (unpaired) electrons. The molecule has 0 aliphatic rings. The summed E-state index contributed by atoms with van der Waals surface area (Å²) in [7, 11) is -3.78. The highest BCUT2D eigenvalue weighted by Gasteiger charge is 2.14. The van der Waals surface area contributed by atoms with Gasteiger partial charge in [0, 0.05) is 0 Å². The Morgan fingerprint density at radius 2 is 1.82 bits per heavy atom. The minimum Gasteiger partial charge on any atom is -0.484 e. The van der Waals surface area contributed by atoms with Crippen molar-refractivity contribution in [3.05, 3.63) is 60.2 Å². The van der Waals surface area contributed by atoms with Crippen LogP contribution in [0.2, 0.25) is 0 Å². The van der Waals surface area contributed by atoms with Gasteiger partial charge in [0.15, 0.2) is 6.61 Å². The van der Waals surface area contributed by atoms with Gasteiger partial charge in [0.25, 0.3) is 15.9 Å². The van der Waals surface area contributed by atoms with Gasteiger partial charge in [0.1, 0.15) is 5.75 Å². The Balaban J connectivity index is 1.85. The molecule has 0 heterocycles. The van der Waals surface area contributed by atoms with E-state index >= 15 is 0 Å². The van der Waals surface area contributed by atoms with Crippen LogP contribution in [0.5, 0.6) is 5.75 Å². The molecule has 116 valence electrons. The molecular formula is C15H16N2O4S. The number of aryl methyl sites for hydroxylation is 1. The molecule has 0 atom stereocenters. The van der Waals surface area contributed by atoms with E-state index in [1.807, 2.05) is 17.8 Å². The maximum atomic E-state index is 11.9. The first-order valence-corrected chi connectivity index (χ1v) is 8.01. The van der Waals surface area contributed by atoms with Gasteiger partial charge in [-0.25, -0.2) is 8.42 Å². The van der Waals surface area contributed by atoms with Gasteiger partial charge in [0.05, 0.1) is 4.90 Å².